The van der Waals surface area contributed by atoms with Gasteiger partial charge in [0.25, 0.3) is 11.2 Å². The molecule has 0 aliphatic rings. The first-order valence-electron chi connectivity index (χ1n) is 9.08. The zero-order chi connectivity index (χ0) is 22.1. The number of nitrogens with zero attached hydrogens (tertiary/aromatic N) is 3. The predicted molar refractivity (Wildman–Crippen MR) is 113 cm³/mol. The molecule has 158 valence electrons. The summed E-state index contributed by atoms with van der Waals surface area (Å²) in [5.41, 5.74) is 0.0339. The smallest absolute Gasteiger partial charge is 0.293 e. The molecule has 3 rings (SSSR count). The van der Waals surface area contributed by atoms with Crippen LogP contribution in [0.15, 0.2) is 52.2 Å². The molecule has 1 heterocycles. The third-order valence-corrected chi connectivity index (χ3v) is 5.96. The van der Waals surface area contributed by atoms with Gasteiger partial charge in [-0.2, -0.15) is 0 Å². The summed E-state index contributed by atoms with van der Waals surface area (Å²) in [5, 5.41) is 12.0. The van der Waals surface area contributed by atoms with Crippen molar-refractivity contribution in [2.24, 2.45) is 0 Å². The van der Waals surface area contributed by atoms with Crippen molar-refractivity contribution in [2.45, 2.75) is 31.3 Å². The highest BCUT2D eigenvalue weighted by atomic mass is 32.2. The molecule has 1 aromatic heterocycles. The number of anilines is 1. The molecule has 0 aliphatic carbocycles. The van der Waals surface area contributed by atoms with Gasteiger partial charge in [-0.25, -0.2) is 18.1 Å². The van der Waals surface area contributed by atoms with Crippen molar-refractivity contribution >= 4 is 32.3 Å². The van der Waals surface area contributed by atoms with Crippen LogP contribution in [-0.2, 0) is 16.6 Å². The van der Waals surface area contributed by atoms with Crippen molar-refractivity contribution < 1.29 is 13.3 Å². The molecule has 0 saturated carbocycles. The first-order valence-corrected chi connectivity index (χ1v) is 10.6. The van der Waals surface area contributed by atoms with Gasteiger partial charge < -0.3 is 9.88 Å². The van der Waals surface area contributed by atoms with Crippen molar-refractivity contribution in [3.05, 3.63) is 68.8 Å². The molecule has 2 aromatic carbocycles. The summed E-state index contributed by atoms with van der Waals surface area (Å²) in [4.78, 5) is 31.6. The van der Waals surface area contributed by atoms with Crippen LogP contribution in [0.1, 0.15) is 19.7 Å². The highest BCUT2D eigenvalue weighted by molar-refractivity contribution is 7.89. The molecular weight excluding hydrogens is 410 g/mol. The monoisotopic (exact) mass is 431 g/mol. The van der Waals surface area contributed by atoms with Gasteiger partial charge in [0, 0.05) is 19.2 Å². The van der Waals surface area contributed by atoms with E-state index in [1.54, 1.807) is 45.2 Å². The summed E-state index contributed by atoms with van der Waals surface area (Å²) in [7, 11) is -2.28. The van der Waals surface area contributed by atoms with Crippen LogP contribution in [-0.4, -0.2) is 36.4 Å². The fourth-order valence-corrected chi connectivity index (χ4v) is 4.31. The molecule has 3 aromatic rings. The summed E-state index contributed by atoms with van der Waals surface area (Å²) in [6, 6.07) is 10.2. The molecule has 0 unspecified atom stereocenters. The second-order valence-corrected chi connectivity index (χ2v) is 8.78. The quantitative estimate of drug-likeness (QED) is 0.432. The van der Waals surface area contributed by atoms with Gasteiger partial charge in [0.15, 0.2) is 0 Å². The normalized spacial score (nSPS) is 11.7. The van der Waals surface area contributed by atoms with E-state index in [2.05, 4.69) is 14.7 Å². The summed E-state index contributed by atoms with van der Waals surface area (Å²) in [6.07, 6.45) is 0. The number of para-hydroxylation sites is 1. The van der Waals surface area contributed by atoms with Crippen LogP contribution >= 0.6 is 0 Å². The Hall–Kier alpha value is -3.31. The van der Waals surface area contributed by atoms with Crippen molar-refractivity contribution in [2.75, 3.05) is 11.9 Å². The minimum absolute atomic E-state index is 0.0806. The first kappa shape index (κ1) is 21.4. The lowest BCUT2D eigenvalue weighted by molar-refractivity contribution is -0.384. The number of aromatic amines is 1. The van der Waals surface area contributed by atoms with E-state index in [9.17, 15) is 23.3 Å². The second-order valence-electron chi connectivity index (χ2n) is 7.07. The molecule has 2 N–H and O–H groups in total. The molecule has 0 atom stereocenters. The van der Waals surface area contributed by atoms with Gasteiger partial charge in [-0.05, 0) is 38.1 Å². The summed E-state index contributed by atoms with van der Waals surface area (Å²) >= 11 is 0. The van der Waals surface area contributed by atoms with Gasteiger partial charge in [-0.1, -0.05) is 12.1 Å². The van der Waals surface area contributed by atoms with Crippen molar-refractivity contribution in [3.8, 4) is 0 Å². The number of nitrogens with one attached hydrogen (secondary N) is 2. The van der Waals surface area contributed by atoms with Gasteiger partial charge in [-0.3, -0.25) is 14.9 Å². The Morgan fingerprint density at radius 2 is 1.93 bits per heavy atom. The topological polar surface area (TPSA) is 138 Å². The van der Waals surface area contributed by atoms with Gasteiger partial charge in [0.05, 0.1) is 27.3 Å². The maximum absolute atomic E-state index is 12.4. The summed E-state index contributed by atoms with van der Waals surface area (Å²) < 4.78 is 27.1. The Labute approximate surface area is 172 Å². The van der Waals surface area contributed by atoms with E-state index in [-0.39, 0.29) is 34.4 Å². The summed E-state index contributed by atoms with van der Waals surface area (Å²) in [6.45, 7) is 3.40. The number of sulfonamides is 1. The third kappa shape index (κ3) is 4.47. The van der Waals surface area contributed by atoms with E-state index in [0.717, 1.165) is 6.07 Å². The minimum atomic E-state index is -3.88. The SMILES string of the molecule is CC(C)NS(=O)(=O)c1ccc(N(C)Cc2nc3ccccc3c(=O)[nH]2)c([N+](=O)[O-])c1. The number of nitro benzene ring substituents is 1. The number of rotatable bonds is 7. The lowest BCUT2D eigenvalue weighted by atomic mass is 10.2. The molecular formula is C19H21N5O5S. The Morgan fingerprint density at radius 1 is 1.23 bits per heavy atom. The molecule has 0 fully saturated rings. The Bertz CT molecular complexity index is 1270. The molecule has 0 bridgehead atoms. The maximum Gasteiger partial charge on any atom is 0.293 e. The zero-order valence-electron chi connectivity index (χ0n) is 16.6. The van der Waals surface area contributed by atoms with Gasteiger partial charge in [0.1, 0.15) is 11.5 Å². The van der Waals surface area contributed by atoms with E-state index in [0.29, 0.717) is 16.7 Å². The van der Waals surface area contributed by atoms with Crippen molar-refractivity contribution in [3.63, 3.8) is 0 Å². The van der Waals surface area contributed by atoms with Gasteiger partial charge in [-0.15, -0.1) is 0 Å². The Balaban J connectivity index is 1.97. The molecule has 11 heteroatoms. The van der Waals surface area contributed by atoms with Crippen LogP contribution in [0.4, 0.5) is 11.4 Å². The molecule has 0 amide bonds. The van der Waals surface area contributed by atoms with Crippen LogP contribution in [0.2, 0.25) is 0 Å². The lowest BCUT2D eigenvalue weighted by Gasteiger charge is -2.19. The largest absolute Gasteiger partial charge is 0.362 e. The number of aromatic nitrogens is 2. The van der Waals surface area contributed by atoms with Gasteiger partial charge >= 0.3 is 0 Å². The van der Waals surface area contributed by atoms with E-state index in [1.807, 2.05) is 0 Å². The van der Waals surface area contributed by atoms with Crippen molar-refractivity contribution in [1.29, 1.82) is 0 Å². The highest BCUT2D eigenvalue weighted by Crippen LogP contribution is 2.30. The average Bonchev–Trinajstić information content (AvgIpc) is 2.66. The standard InChI is InChI=1S/C19H21N5O5S/c1-12(2)22-30(28,29)13-8-9-16(17(10-13)24(26)27)23(3)11-18-20-15-7-5-4-6-14(15)19(25)21-18/h4-10,12,22H,11H2,1-3H3,(H,20,21,25). The lowest BCUT2D eigenvalue weighted by Crippen LogP contribution is -2.30. The number of hydrogen-bond acceptors (Lipinski definition) is 7. The maximum atomic E-state index is 12.4. The van der Waals surface area contributed by atoms with Crippen LogP contribution in [0, 0.1) is 10.1 Å². The molecule has 0 radical (unpaired) electrons. The number of fused-ring (bicyclic) bond motifs is 1. The van der Waals surface area contributed by atoms with Crippen LogP contribution < -0.4 is 15.2 Å². The van der Waals surface area contributed by atoms with E-state index in [4.69, 9.17) is 0 Å². The van der Waals surface area contributed by atoms with E-state index in [1.165, 1.54) is 17.0 Å². The Kier molecular flexibility index (Phi) is 5.85. The van der Waals surface area contributed by atoms with Gasteiger partial charge in [0.2, 0.25) is 10.0 Å². The van der Waals surface area contributed by atoms with E-state index >= 15 is 0 Å². The Morgan fingerprint density at radius 3 is 2.60 bits per heavy atom. The average molecular weight is 431 g/mol. The number of H-pyrrole nitrogens is 1. The van der Waals surface area contributed by atoms with Crippen LogP contribution in [0.5, 0.6) is 0 Å². The minimum Gasteiger partial charge on any atom is -0.362 e. The molecule has 30 heavy (non-hydrogen) atoms. The first-order chi connectivity index (χ1) is 14.1. The summed E-state index contributed by atoms with van der Waals surface area (Å²) in [5.74, 6) is 0.327. The third-order valence-electron chi connectivity index (χ3n) is 4.30. The molecule has 0 spiro atoms. The van der Waals surface area contributed by atoms with Crippen molar-refractivity contribution in [1.82, 2.24) is 14.7 Å². The predicted octanol–water partition coefficient (Wildman–Crippen LogP) is 2.15. The zero-order valence-corrected chi connectivity index (χ0v) is 17.4. The second kappa shape index (κ2) is 8.20. The fourth-order valence-electron chi connectivity index (χ4n) is 3.04. The fraction of sp³-hybridized carbons (Fsp3) is 0.263. The number of hydrogen-bond donors (Lipinski definition) is 2. The van der Waals surface area contributed by atoms with Crippen LogP contribution in [0.3, 0.4) is 0 Å². The molecule has 0 aliphatic heterocycles. The molecule has 10 nitrogen and oxygen atoms in total. The highest BCUT2D eigenvalue weighted by Gasteiger charge is 2.24. The van der Waals surface area contributed by atoms with Crippen LogP contribution in [0.25, 0.3) is 10.9 Å². The van der Waals surface area contributed by atoms with E-state index < -0.39 is 14.9 Å². The molecule has 0 saturated heterocycles. The number of nitro groups is 1. The number of benzene rings is 2.